The molecule has 0 atom stereocenters. The molecule has 0 saturated heterocycles. The van der Waals surface area contributed by atoms with Gasteiger partial charge in [-0.3, -0.25) is 0 Å². The Balaban J connectivity index is 3.64. The molecule has 1 aromatic carbocycles. The molecule has 0 fully saturated rings. The smallest absolute Gasteiger partial charge is 0.392 e. The minimum Gasteiger partial charge on any atom is -0.392 e. The Morgan fingerprint density at radius 3 is 1.88 bits per heavy atom. The van der Waals surface area contributed by atoms with E-state index in [1.165, 1.54) is 6.92 Å². The first-order chi connectivity index (χ1) is 7.59. The topological polar surface area (TPSA) is 20.2 Å². The Labute approximate surface area is 92.7 Å². The number of hydrogen-bond donors (Lipinski definition) is 1. The molecule has 0 bridgehead atoms. The van der Waals surface area contributed by atoms with E-state index in [4.69, 9.17) is 5.11 Å². The second kappa shape index (κ2) is 4.21. The van der Waals surface area contributed by atoms with Crippen LogP contribution in [0.15, 0.2) is 12.1 Å². The molecule has 0 aromatic heterocycles. The highest BCUT2D eigenvalue weighted by molar-refractivity contribution is 5.43. The summed E-state index contributed by atoms with van der Waals surface area (Å²) in [5, 5.41) is 8.79. The van der Waals surface area contributed by atoms with Crippen molar-refractivity contribution in [3.05, 3.63) is 34.4 Å². The maximum absolute atomic E-state index is 12.6. The van der Waals surface area contributed by atoms with Crippen molar-refractivity contribution in [1.29, 1.82) is 0 Å². The number of halogens is 6. The summed E-state index contributed by atoms with van der Waals surface area (Å²) in [5.74, 6) is 0. The summed E-state index contributed by atoms with van der Waals surface area (Å²) in [6.45, 7) is 0.117. The van der Waals surface area contributed by atoms with E-state index in [9.17, 15) is 26.3 Å². The first kappa shape index (κ1) is 13.8. The Kier molecular flexibility index (Phi) is 3.42. The van der Waals surface area contributed by atoms with Crippen LogP contribution < -0.4 is 0 Å². The lowest BCUT2D eigenvalue weighted by molar-refractivity contribution is -0.162. The molecular weight excluding hydrogens is 250 g/mol. The molecule has 0 spiro atoms. The van der Waals surface area contributed by atoms with Gasteiger partial charge in [0, 0.05) is 0 Å². The fourth-order valence-electron chi connectivity index (χ4n) is 1.52. The van der Waals surface area contributed by atoms with Crippen LogP contribution in [0, 0.1) is 6.92 Å². The van der Waals surface area contributed by atoms with Gasteiger partial charge in [-0.2, -0.15) is 26.3 Å². The van der Waals surface area contributed by atoms with Gasteiger partial charge in [-0.05, 0) is 24.1 Å². The van der Waals surface area contributed by atoms with Gasteiger partial charge in [0.15, 0.2) is 0 Å². The molecule has 1 rings (SSSR count). The van der Waals surface area contributed by atoms with E-state index in [2.05, 4.69) is 0 Å². The van der Waals surface area contributed by atoms with Gasteiger partial charge in [-0.15, -0.1) is 0 Å². The third kappa shape index (κ3) is 2.71. The summed E-state index contributed by atoms with van der Waals surface area (Å²) in [6.07, 6.45) is -10.3. The van der Waals surface area contributed by atoms with Gasteiger partial charge in [-0.25, -0.2) is 0 Å². The Hall–Kier alpha value is -1.24. The van der Waals surface area contributed by atoms with Crippen LogP contribution >= 0.6 is 0 Å². The van der Waals surface area contributed by atoms with E-state index in [-0.39, 0.29) is 5.56 Å². The van der Waals surface area contributed by atoms with Crippen LogP contribution in [0.3, 0.4) is 0 Å². The molecule has 0 heterocycles. The molecule has 1 nitrogen and oxygen atoms in total. The maximum Gasteiger partial charge on any atom is 0.417 e. The van der Waals surface area contributed by atoms with Crippen LogP contribution in [0.25, 0.3) is 0 Å². The third-order valence-corrected chi connectivity index (χ3v) is 2.29. The fraction of sp³-hybridized carbons (Fsp3) is 0.400. The zero-order chi connectivity index (χ0) is 13.4. The zero-order valence-electron chi connectivity index (χ0n) is 8.58. The summed E-state index contributed by atoms with van der Waals surface area (Å²) < 4.78 is 75.1. The molecule has 0 radical (unpaired) electrons. The predicted octanol–water partition coefficient (Wildman–Crippen LogP) is 3.52. The first-order valence-electron chi connectivity index (χ1n) is 4.46. The van der Waals surface area contributed by atoms with Gasteiger partial charge in [-0.1, -0.05) is 6.07 Å². The van der Waals surface area contributed by atoms with Crippen molar-refractivity contribution in [3.63, 3.8) is 0 Å². The maximum atomic E-state index is 12.6. The highest BCUT2D eigenvalue weighted by Gasteiger charge is 2.44. The summed E-state index contributed by atoms with van der Waals surface area (Å²) in [6, 6.07) is 1.28. The molecule has 0 amide bonds. The predicted molar refractivity (Wildman–Crippen MR) is 47.1 cm³/mol. The van der Waals surface area contributed by atoms with Gasteiger partial charge in [0.05, 0.1) is 17.7 Å². The van der Waals surface area contributed by atoms with E-state index in [0.717, 1.165) is 6.07 Å². The molecule has 0 aliphatic heterocycles. The average molecular weight is 258 g/mol. The number of alkyl halides is 6. The van der Waals surface area contributed by atoms with Crippen molar-refractivity contribution in [2.75, 3.05) is 0 Å². The van der Waals surface area contributed by atoms with E-state index >= 15 is 0 Å². The quantitative estimate of drug-likeness (QED) is 0.764. The minimum atomic E-state index is -5.16. The minimum absolute atomic E-state index is 0.0344. The van der Waals surface area contributed by atoms with Crippen molar-refractivity contribution in [3.8, 4) is 0 Å². The summed E-state index contributed by atoms with van der Waals surface area (Å²) >= 11 is 0. The van der Waals surface area contributed by atoms with Crippen LogP contribution in [0.4, 0.5) is 26.3 Å². The summed E-state index contributed by atoms with van der Waals surface area (Å²) in [5.41, 5.74) is -4.37. The van der Waals surface area contributed by atoms with Gasteiger partial charge in [0.1, 0.15) is 0 Å². The number of aliphatic hydroxyl groups is 1. The number of aryl methyl sites for hydroxylation is 1. The second-order valence-corrected chi connectivity index (χ2v) is 3.44. The van der Waals surface area contributed by atoms with E-state index in [0.29, 0.717) is 6.07 Å². The molecule has 0 saturated carbocycles. The van der Waals surface area contributed by atoms with Crippen LogP contribution in [0.1, 0.15) is 22.3 Å². The first-order valence-corrected chi connectivity index (χ1v) is 4.46. The monoisotopic (exact) mass is 258 g/mol. The molecule has 1 N–H and O–H groups in total. The standard InChI is InChI=1S/C10H8F6O/c1-5-2-3-7(9(11,12)13)8(6(5)4-17)10(14,15)16/h2-3,17H,4H2,1H3. The fourth-order valence-corrected chi connectivity index (χ4v) is 1.52. The van der Waals surface area contributed by atoms with Crippen molar-refractivity contribution in [1.82, 2.24) is 0 Å². The van der Waals surface area contributed by atoms with Crippen LogP contribution in [0.5, 0.6) is 0 Å². The molecule has 0 unspecified atom stereocenters. The van der Waals surface area contributed by atoms with Gasteiger partial charge in [0.2, 0.25) is 0 Å². The summed E-state index contributed by atoms with van der Waals surface area (Å²) in [7, 11) is 0. The molecule has 1 aromatic rings. The van der Waals surface area contributed by atoms with Crippen molar-refractivity contribution in [2.45, 2.75) is 25.9 Å². The van der Waals surface area contributed by atoms with E-state index in [1.54, 1.807) is 0 Å². The SMILES string of the molecule is Cc1ccc(C(F)(F)F)c(C(F)(F)F)c1CO. The van der Waals surface area contributed by atoms with Crippen molar-refractivity contribution < 1.29 is 31.4 Å². The highest BCUT2D eigenvalue weighted by Crippen LogP contribution is 2.42. The zero-order valence-corrected chi connectivity index (χ0v) is 8.58. The molecular formula is C10H8F6O. The van der Waals surface area contributed by atoms with Crippen LogP contribution in [0.2, 0.25) is 0 Å². The molecule has 0 aliphatic carbocycles. The van der Waals surface area contributed by atoms with Crippen LogP contribution in [-0.2, 0) is 19.0 Å². The third-order valence-electron chi connectivity index (χ3n) is 2.29. The van der Waals surface area contributed by atoms with Gasteiger partial charge >= 0.3 is 12.4 Å². The van der Waals surface area contributed by atoms with Crippen molar-refractivity contribution in [2.24, 2.45) is 0 Å². The molecule has 7 heteroatoms. The lowest BCUT2D eigenvalue weighted by atomic mass is 9.96. The van der Waals surface area contributed by atoms with E-state index < -0.39 is 35.6 Å². The number of aliphatic hydroxyl groups excluding tert-OH is 1. The average Bonchev–Trinajstić information content (AvgIpc) is 2.13. The lowest BCUT2D eigenvalue weighted by Gasteiger charge is -2.19. The lowest BCUT2D eigenvalue weighted by Crippen LogP contribution is -2.19. The highest BCUT2D eigenvalue weighted by atomic mass is 19.4. The summed E-state index contributed by atoms with van der Waals surface area (Å²) in [4.78, 5) is 0. The van der Waals surface area contributed by atoms with Crippen molar-refractivity contribution >= 4 is 0 Å². The Bertz CT molecular complexity index is 418. The molecule has 0 aliphatic rings. The Morgan fingerprint density at radius 2 is 1.53 bits per heavy atom. The Morgan fingerprint density at radius 1 is 1.00 bits per heavy atom. The van der Waals surface area contributed by atoms with Gasteiger partial charge in [0.25, 0.3) is 0 Å². The largest absolute Gasteiger partial charge is 0.417 e. The number of hydrogen-bond acceptors (Lipinski definition) is 1. The second-order valence-electron chi connectivity index (χ2n) is 3.44. The normalized spacial score (nSPS) is 12.9. The molecule has 17 heavy (non-hydrogen) atoms. The number of rotatable bonds is 1. The number of benzene rings is 1. The van der Waals surface area contributed by atoms with Crippen LogP contribution in [-0.4, -0.2) is 5.11 Å². The molecule has 96 valence electrons. The van der Waals surface area contributed by atoms with Gasteiger partial charge < -0.3 is 5.11 Å². The van der Waals surface area contributed by atoms with E-state index in [1.807, 2.05) is 0 Å².